The summed E-state index contributed by atoms with van der Waals surface area (Å²) in [7, 11) is -3.50. The highest BCUT2D eigenvalue weighted by Gasteiger charge is 2.27. The zero-order valence-corrected chi connectivity index (χ0v) is 13.9. The number of nitrogens with zero attached hydrogens (tertiary/aromatic N) is 1. The van der Waals surface area contributed by atoms with E-state index >= 15 is 0 Å². The summed E-state index contributed by atoms with van der Waals surface area (Å²) in [5, 5.41) is 0. The third-order valence-electron chi connectivity index (χ3n) is 3.15. The molecule has 0 fully saturated rings. The molecule has 2 N–H and O–H groups in total. The zero-order valence-electron chi connectivity index (χ0n) is 12.2. The van der Waals surface area contributed by atoms with E-state index in [9.17, 15) is 8.42 Å². The molecular formula is C15H20N2O2S2. The van der Waals surface area contributed by atoms with Crippen LogP contribution in [0.3, 0.4) is 0 Å². The van der Waals surface area contributed by atoms with E-state index in [0.29, 0.717) is 23.8 Å². The first-order chi connectivity index (χ1) is 9.95. The van der Waals surface area contributed by atoms with Crippen LogP contribution < -0.4 is 5.73 Å². The van der Waals surface area contributed by atoms with Crippen LogP contribution in [0.1, 0.15) is 16.0 Å². The number of benzene rings is 1. The fourth-order valence-electron chi connectivity index (χ4n) is 2.21. The SMILES string of the molecule is Cc1cc(C)c(S(=O)(=O)N(CCN)Cc2ccccc2)s1. The number of thiophene rings is 1. The Morgan fingerprint density at radius 1 is 1.19 bits per heavy atom. The highest BCUT2D eigenvalue weighted by molar-refractivity contribution is 7.91. The van der Waals surface area contributed by atoms with E-state index in [1.165, 1.54) is 15.6 Å². The number of hydrogen-bond donors (Lipinski definition) is 1. The summed E-state index contributed by atoms with van der Waals surface area (Å²) in [6.07, 6.45) is 0. The van der Waals surface area contributed by atoms with Gasteiger partial charge in [-0.1, -0.05) is 30.3 Å². The Morgan fingerprint density at radius 2 is 1.86 bits per heavy atom. The summed E-state index contributed by atoms with van der Waals surface area (Å²) in [6.45, 7) is 4.71. The number of aryl methyl sites for hydroxylation is 2. The molecule has 0 aliphatic carbocycles. The van der Waals surface area contributed by atoms with Crippen molar-refractivity contribution in [2.75, 3.05) is 13.1 Å². The van der Waals surface area contributed by atoms with Gasteiger partial charge in [-0.25, -0.2) is 8.42 Å². The van der Waals surface area contributed by atoms with Crippen LogP contribution in [-0.4, -0.2) is 25.8 Å². The summed E-state index contributed by atoms with van der Waals surface area (Å²) in [5.41, 5.74) is 7.36. The molecule has 2 rings (SSSR count). The van der Waals surface area contributed by atoms with E-state index in [0.717, 1.165) is 16.0 Å². The van der Waals surface area contributed by atoms with Crippen LogP contribution in [0.25, 0.3) is 0 Å². The molecule has 114 valence electrons. The summed E-state index contributed by atoms with van der Waals surface area (Å²) < 4.78 is 27.6. The summed E-state index contributed by atoms with van der Waals surface area (Å²) in [4.78, 5) is 0.999. The van der Waals surface area contributed by atoms with E-state index < -0.39 is 10.0 Å². The van der Waals surface area contributed by atoms with Crippen LogP contribution in [0.15, 0.2) is 40.6 Å². The second-order valence-electron chi connectivity index (χ2n) is 4.94. The number of sulfonamides is 1. The first kappa shape index (κ1) is 16.2. The van der Waals surface area contributed by atoms with Gasteiger partial charge in [0.1, 0.15) is 4.21 Å². The van der Waals surface area contributed by atoms with Crippen molar-refractivity contribution in [3.63, 3.8) is 0 Å². The molecule has 1 heterocycles. The van der Waals surface area contributed by atoms with E-state index in [2.05, 4.69) is 0 Å². The van der Waals surface area contributed by atoms with Gasteiger partial charge in [0.05, 0.1) is 0 Å². The van der Waals surface area contributed by atoms with Crippen molar-refractivity contribution in [3.8, 4) is 0 Å². The maximum Gasteiger partial charge on any atom is 0.253 e. The topological polar surface area (TPSA) is 63.4 Å². The molecule has 0 amide bonds. The van der Waals surface area contributed by atoms with Crippen LogP contribution in [0, 0.1) is 13.8 Å². The van der Waals surface area contributed by atoms with Crippen LogP contribution in [0.5, 0.6) is 0 Å². The van der Waals surface area contributed by atoms with Crippen LogP contribution in [0.2, 0.25) is 0 Å². The quantitative estimate of drug-likeness (QED) is 0.888. The maximum atomic E-state index is 12.8. The van der Waals surface area contributed by atoms with Crippen molar-refractivity contribution in [1.29, 1.82) is 0 Å². The van der Waals surface area contributed by atoms with Crippen LogP contribution in [-0.2, 0) is 16.6 Å². The van der Waals surface area contributed by atoms with E-state index in [1.54, 1.807) is 0 Å². The predicted octanol–water partition coefficient (Wildman–Crippen LogP) is 2.51. The molecule has 0 aliphatic rings. The Bertz CT molecular complexity index is 694. The summed E-state index contributed by atoms with van der Waals surface area (Å²) in [6, 6.07) is 11.5. The average Bonchev–Trinajstić information content (AvgIpc) is 2.79. The lowest BCUT2D eigenvalue weighted by Crippen LogP contribution is -2.34. The second-order valence-corrected chi connectivity index (χ2v) is 8.33. The van der Waals surface area contributed by atoms with E-state index in [4.69, 9.17) is 5.73 Å². The minimum Gasteiger partial charge on any atom is -0.329 e. The normalized spacial score (nSPS) is 12.0. The molecule has 21 heavy (non-hydrogen) atoms. The Kier molecular flexibility index (Phi) is 5.16. The van der Waals surface area contributed by atoms with Gasteiger partial charge >= 0.3 is 0 Å². The molecule has 0 saturated heterocycles. The van der Waals surface area contributed by atoms with Crippen molar-refractivity contribution in [2.45, 2.75) is 24.6 Å². The second kappa shape index (κ2) is 6.70. The molecule has 0 saturated carbocycles. The fourth-order valence-corrected chi connectivity index (χ4v) is 5.45. The van der Waals surface area contributed by atoms with Crippen molar-refractivity contribution in [3.05, 3.63) is 52.4 Å². The van der Waals surface area contributed by atoms with E-state index in [1.807, 2.05) is 50.2 Å². The molecule has 1 aromatic heterocycles. The standard InChI is InChI=1S/C15H20N2O2S2/c1-12-10-13(2)20-15(12)21(18,19)17(9-8-16)11-14-6-4-3-5-7-14/h3-7,10H,8-9,11,16H2,1-2H3. The molecule has 0 unspecified atom stereocenters. The summed E-state index contributed by atoms with van der Waals surface area (Å²) in [5.74, 6) is 0. The zero-order chi connectivity index (χ0) is 15.5. The lowest BCUT2D eigenvalue weighted by atomic mass is 10.2. The van der Waals surface area contributed by atoms with Crippen LogP contribution >= 0.6 is 11.3 Å². The van der Waals surface area contributed by atoms with Crippen LogP contribution in [0.4, 0.5) is 0 Å². The average molecular weight is 324 g/mol. The molecule has 2 aromatic rings. The highest BCUT2D eigenvalue weighted by atomic mass is 32.2. The largest absolute Gasteiger partial charge is 0.329 e. The minimum absolute atomic E-state index is 0.301. The monoisotopic (exact) mass is 324 g/mol. The number of rotatable bonds is 6. The Balaban J connectivity index is 2.35. The molecular weight excluding hydrogens is 304 g/mol. The van der Waals surface area contributed by atoms with Gasteiger partial charge in [0.15, 0.2) is 0 Å². The van der Waals surface area contributed by atoms with Crippen molar-refractivity contribution in [1.82, 2.24) is 4.31 Å². The lowest BCUT2D eigenvalue weighted by molar-refractivity contribution is 0.415. The van der Waals surface area contributed by atoms with Crippen molar-refractivity contribution >= 4 is 21.4 Å². The van der Waals surface area contributed by atoms with Gasteiger partial charge in [-0.2, -0.15) is 4.31 Å². The molecule has 0 spiro atoms. The number of hydrogen-bond acceptors (Lipinski definition) is 4. The highest BCUT2D eigenvalue weighted by Crippen LogP contribution is 2.29. The van der Waals surface area contributed by atoms with Gasteiger partial charge < -0.3 is 5.73 Å². The fraction of sp³-hybridized carbons (Fsp3) is 0.333. The summed E-state index contributed by atoms with van der Waals surface area (Å²) >= 11 is 1.32. The van der Waals surface area contributed by atoms with Gasteiger partial charge in [-0.05, 0) is 31.0 Å². The van der Waals surface area contributed by atoms with Gasteiger partial charge in [0.25, 0.3) is 10.0 Å². The molecule has 1 aromatic carbocycles. The third kappa shape index (κ3) is 3.71. The molecule has 0 radical (unpaired) electrons. The minimum atomic E-state index is -3.50. The lowest BCUT2D eigenvalue weighted by Gasteiger charge is -2.21. The Labute approximate surface area is 130 Å². The maximum absolute atomic E-state index is 12.8. The Hall–Kier alpha value is -1.21. The molecule has 0 atom stereocenters. The molecule has 4 nitrogen and oxygen atoms in total. The van der Waals surface area contributed by atoms with Gasteiger partial charge in [-0.15, -0.1) is 11.3 Å². The molecule has 0 aliphatic heterocycles. The smallest absolute Gasteiger partial charge is 0.253 e. The third-order valence-corrected chi connectivity index (χ3v) is 6.76. The van der Waals surface area contributed by atoms with Gasteiger partial charge in [0.2, 0.25) is 0 Å². The number of nitrogens with two attached hydrogens (primary N) is 1. The van der Waals surface area contributed by atoms with Gasteiger partial charge in [-0.3, -0.25) is 0 Å². The first-order valence-electron chi connectivity index (χ1n) is 6.76. The van der Waals surface area contributed by atoms with Crippen molar-refractivity contribution in [2.24, 2.45) is 5.73 Å². The predicted molar refractivity (Wildman–Crippen MR) is 86.9 cm³/mol. The first-order valence-corrected chi connectivity index (χ1v) is 9.02. The van der Waals surface area contributed by atoms with E-state index in [-0.39, 0.29) is 0 Å². The Morgan fingerprint density at radius 3 is 2.38 bits per heavy atom. The van der Waals surface area contributed by atoms with Gasteiger partial charge in [0, 0.05) is 24.5 Å². The molecule has 6 heteroatoms. The molecule has 0 bridgehead atoms. The van der Waals surface area contributed by atoms with Crippen molar-refractivity contribution < 1.29 is 8.42 Å².